The summed E-state index contributed by atoms with van der Waals surface area (Å²) in [4.78, 5) is 12.2. The van der Waals surface area contributed by atoms with E-state index in [1.165, 1.54) is 16.4 Å². The molecule has 0 amide bonds. The van der Waals surface area contributed by atoms with E-state index in [1.807, 2.05) is 20.8 Å². The van der Waals surface area contributed by atoms with Crippen LogP contribution in [-0.4, -0.2) is 31.8 Å². The van der Waals surface area contributed by atoms with Crippen molar-refractivity contribution in [3.8, 4) is 0 Å². The molecule has 1 saturated heterocycles. The Morgan fingerprint density at radius 3 is 2.38 bits per heavy atom. The van der Waals surface area contributed by atoms with Gasteiger partial charge in [-0.1, -0.05) is 29.8 Å². The quantitative estimate of drug-likeness (QED) is 0.594. The molecule has 0 bridgehead atoms. The number of carbonyl (C=O) groups excluding carboxylic acids is 1. The fourth-order valence-corrected chi connectivity index (χ4v) is 5.25. The Morgan fingerprint density at radius 2 is 1.77 bits per heavy atom. The first kappa shape index (κ1) is 18.6. The standard InChI is InChI=1S/C20H23NO4S/c1-5-25-20(22)16-8-6-7-9-18(16)26(23,24)21-12-17(21)19-14(3)10-13(2)11-15(19)4/h6-11,17H,5,12H2,1-4H3. The Hall–Kier alpha value is -2.18. The summed E-state index contributed by atoms with van der Waals surface area (Å²) in [5.41, 5.74) is 4.46. The average Bonchev–Trinajstić information content (AvgIpc) is 3.35. The van der Waals surface area contributed by atoms with Crippen LogP contribution >= 0.6 is 0 Å². The number of nitrogens with zero attached hydrogens (tertiary/aromatic N) is 1. The summed E-state index contributed by atoms with van der Waals surface area (Å²) >= 11 is 0. The summed E-state index contributed by atoms with van der Waals surface area (Å²) in [5, 5.41) is 0. The van der Waals surface area contributed by atoms with Gasteiger partial charge >= 0.3 is 5.97 Å². The predicted octanol–water partition coefficient (Wildman–Crippen LogP) is 3.53. The monoisotopic (exact) mass is 373 g/mol. The molecule has 1 aliphatic rings. The minimum absolute atomic E-state index is 0.00312. The molecule has 1 heterocycles. The highest BCUT2D eigenvalue weighted by Crippen LogP contribution is 2.43. The highest BCUT2D eigenvalue weighted by Gasteiger charge is 2.47. The van der Waals surface area contributed by atoms with Gasteiger partial charge < -0.3 is 4.74 Å². The third kappa shape index (κ3) is 3.27. The maximum absolute atomic E-state index is 13.1. The van der Waals surface area contributed by atoms with E-state index in [1.54, 1.807) is 19.1 Å². The van der Waals surface area contributed by atoms with Crippen molar-refractivity contribution >= 4 is 16.0 Å². The van der Waals surface area contributed by atoms with E-state index in [0.29, 0.717) is 6.54 Å². The highest BCUT2D eigenvalue weighted by atomic mass is 32.2. The number of hydrogen-bond acceptors (Lipinski definition) is 4. The topological polar surface area (TPSA) is 63.5 Å². The zero-order valence-electron chi connectivity index (χ0n) is 15.4. The molecule has 0 spiro atoms. The molecule has 26 heavy (non-hydrogen) atoms. The maximum atomic E-state index is 13.1. The van der Waals surface area contributed by atoms with Crippen LogP contribution in [0.25, 0.3) is 0 Å². The molecule has 2 atom stereocenters. The largest absolute Gasteiger partial charge is 0.462 e. The fourth-order valence-electron chi connectivity index (χ4n) is 3.54. The molecule has 1 aliphatic heterocycles. The zero-order chi connectivity index (χ0) is 19.1. The van der Waals surface area contributed by atoms with Crippen molar-refractivity contribution in [1.82, 2.24) is 4.31 Å². The van der Waals surface area contributed by atoms with Gasteiger partial charge in [-0.2, -0.15) is 4.31 Å². The van der Waals surface area contributed by atoms with E-state index in [4.69, 9.17) is 4.74 Å². The van der Waals surface area contributed by atoms with Crippen molar-refractivity contribution in [3.63, 3.8) is 0 Å². The van der Waals surface area contributed by atoms with Gasteiger partial charge in [-0.05, 0) is 56.5 Å². The van der Waals surface area contributed by atoms with Gasteiger partial charge in [0.2, 0.25) is 10.0 Å². The molecular formula is C20H23NO4S. The lowest BCUT2D eigenvalue weighted by molar-refractivity contribution is 0.0521. The molecule has 6 heteroatoms. The Kier molecular flexibility index (Phi) is 4.90. The van der Waals surface area contributed by atoms with E-state index in [-0.39, 0.29) is 23.1 Å². The smallest absolute Gasteiger partial charge is 0.339 e. The molecule has 0 saturated carbocycles. The third-order valence-electron chi connectivity index (χ3n) is 4.61. The lowest BCUT2D eigenvalue weighted by Crippen LogP contribution is -2.18. The van der Waals surface area contributed by atoms with Gasteiger partial charge in [0.05, 0.1) is 23.1 Å². The van der Waals surface area contributed by atoms with E-state index in [9.17, 15) is 13.2 Å². The Labute approximate surface area is 154 Å². The minimum atomic E-state index is -3.77. The molecule has 0 N–H and O–H groups in total. The van der Waals surface area contributed by atoms with Crippen LogP contribution < -0.4 is 0 Å². The molecular weight excluding hydrogens is 350 g/mol. The first-order chi connectivity index (χ1) is 12.3. The Bertz CT molecular complexity index is 943. The van der Waals surface area contributed by atoms with Crippen LogP contribution in [0.4, 0.5) is 0 Å². The second-order valence-electron chi connectivity index (χ2n) is 6.62. The van der Waals surface area contributed by atoms with Gasteiger partial charge in [0.15, 0.2) is 0 Å². The molecule has 2 aromatic rings. The molecule has 3 rings (SSSR count). The SMILES string of the molecule is CCOC(=O)c1ccccc1S(=O)(=O)N1CC1c1c(C)cc(C)cc1C. The number of benzene rings is 2. The highest BCUT2D eigenvalue weighted by molar-refractivity contribution is 7.89. The van der Waals surface area contributed by atoms with E-state index in [0.717, 1.165) is 22.3 Å². The number of carbonyl (C=O) groups is 1. The van der Waals surface area contributed by atoms with Crippen LogP contribution in [0.1, 0.15) is 45.6 Å². The van der Waals surface area contributed by atoms with Gasteiger partial charge in [-0.3, -0.25) is 0 Å². The summed E-state index contributed by atoms with van der Waals surface area (Å²) in [6.45, 7) is 8.35. The normalized spacial score (nSPS) is 19.2. The van der Waals surface area contributed by atoms with E-state index in [2.05, 4.69) is 12.1 Å². The summed E-state index contributed by atoms with van der Waals surface area (Å²) < 4.78 is 32.7. The molecule has 0 radical (unpaired) electrons. The Morgan fingerprint density at radius 1 is 1.15 bits per heavy atom. The second-order valence-corrected chi connectivity index (χ2v) is 8.48. The number of esters is 1. The molecule has 138 valence electrons. The zero-order valence-corrected chi connectivity index (χ0v) is 16.3. The number of ether oxygens (including phenoxy) is 1. The van der Waals surface area contributed by atoms with Crippen LogP contribution in [0, 0.1) is 20.8 Å². The van der Waals surface area contributed by atoms with Crippen molar-refractivity contribution < 1.29 is 17.9 Å². The van der Waals surface area contributed by atoms with Gasteiger partial charge in [0.25, 0.3) is 0 Å². The average molecular weight is 373 g/mol. The summed E-state index contributed by atoms with van der Waals surface area (Å²) in [6, 6.07) is 10.2. The summed E-state index contributed by atoms with van der Waals surface area (Å²) in [5.74, 6) is -0.618. The second kappa shape index (κ2) is 6.85. The van der Waals surface area contributed by atoms with Crippen molar-refractivity contribution in [2.45, 2.75) is 38.6 Å². The molecule has 1 fully saturated rings. The Balaban J connectivity index is 1.97. The third-order valence-corrected chi connectivity index (χ3v) is 6.54. The van der Waals surface area contributed by atoms with Crippen molar-refractivity contribution in [1.29, 1.82) is 0 Å². The first-order valence-electron chi connectivity index (χ1n) is 8.63. The first-order valence-corrected chi connectivity index (χ1v) is 10.1. The molecule has 5 nitrogen and oxygen atoms in total. The lowest BCUT2D eigenvalue weighted by Gasteiger charge is -2.13. The number of sulfonamides is 1. The van der Waals surface area contributed by atoms with Gasteiger partial charge in [-0.15, -0.1) is 0 Å². The van der Waals surface area contributed by atoms with Crippen LogP contribution in [0.5, 0.6) is 0 Å². The number of aryl methyl sites for hydroxylation is 3. The molecule has 2 aromatic carbocycles. The summed E-state index contributed by atoms with van der Waals surface area (Å²) in [6.07, 6.45) is 0. The van der Waals surface area contributed by atoms with Gasteiger partial charge in [-0.25, -0.2) is 13.2 Å². The number of hydrogen-bond donors (Lipinski definition) is 0. The van der Waals surface area contributed by atoms with Gasteiger partial charge in [0.1, 0.15) is 0 Å². The molecule has 0 aromatic heterocycles. The molecule has 0 aliphatic carbocycles. The van der Waals surface area contributed by atoms with Crippen molar-refractivity contribution in [2.75, 3.05) is 13.2 Å². The van der Waals surface area contributed by atoms with Crippen LogP contribution in [0.2, 0.25) is 0 Å². The maximum Gasteiger partial charge on any atom is 0.339 e. The van der Waals surface area contributed by atoms with Crippen molar-refractivity contribution in [3.05, 3.63) is 64.2 Å². The fraction of sp³-hybridized carbons (Fsp3) is 0.350. The van der Waals surface area contributed by atoms with E-state index < -0.39 is 16.0 Å². The number of rotatable bonds is 5. The minimum Gasteiger partial charge on any atom is -0.462 e. The lowest BCUT2D eigenvalue weighted by atomic mass is 9.97. The van der Waals surface area contributed by atoms with Crippen LogP contribution in [-0.2, 0) is 14.8 Å². The van der Waals surface area contributed by atoms with Crippen LogP contribution in [0.15, 0.2) is 41.3 Å². The predicted molar refractivity (Wildman–Crippen MR) is 99.7 cm³/mol. The van der Waals surface area contributed by atoms with Gasteiger partial charge in [0, 0.05) is 6.54 Å². The van der Waals surface area contributed by atoms with Crippen molar-refractivity contribution in [2.24, 2.45) is 0 Å². The van der Waals surface area contributed by atoms with Crippen LogP contribution in [0.3, 0.4) is 0 Å². The van der Waals surface area contributed by atoms with E-state index >= 15 is 0 Å². The summed E-state index contributed by atoms with van der Waals surface area (Å²) in [7, 11) is -3.77. The molecule has 2 unspecified atom stereocenters.